The molecule has 0 radical (unpaired) electrons. The van der Waals surface area contributed by atoms with Crippen LogP contribution < -0.4 is 10.2 Å². The maximum Gasteiger partial charge on any atom is 0.312 e. The summed E-state index contributed by atoms with van der Waals surface area (Å²) < 4.78 is 0. The number of hydrogen-bond acceptors (Lipinski definition) is 3. The summed E-state index contributed by atoms with van der Waals surface area (Å²) in [7, 11) is 0. The van der Waals surface area contributed by atoms with E-state index in [2.05, 4.69) is 28.4 Å². The summed E-state index contributed by atoms with van der Waals surface area (Å²) in [5.41, 5.74) is 3.29. The molecular weight excluding hydrogens is 228 g/mol. The molecule has 1 aromatic rings. The molecule has 2 aliphatic rings. The molecule has 1 fully saturated rings. The van der Waals surface area contributed by atoms with Crippen LogP contribution in [0.25, 0.3) is 0 Å². The second-order valence-corrected chi connectivity index (χ2v) is 5.10. The molecule has 1 unspecified atom stereocenters. The Balaban J connectivity index is 1.96. The lowest BCUT2D eigenvalue weighted by Crippen LogP contribution is -2.33. The number of carbonyl (C=O) groups is 1. The summed E-state index contributed by atoms with van der Waals surface area (Å²) in [6.45, 7) is 3.49. The van der Waals surface area contributed by atoms with E-state index in [1.807, 2.05) is 0 Å². The van der Waals surface area contributed by atoms with Crippen LogP contribution in [0.3, 0.4) is 0 Å². The molecule has 1 saturated heterocycles. The van der Waals surface area contributed by atoms with E-state index in [0.717, 1.165) is 30.8 Å². The van der Waals surface area contributed by atoms with Gasteiger partial charge in [-0.15, -0.1) is 0 Å². The molecule has 1 atom stereocenters. The monoisotopic (exact) mass is 246 g/mol. The van der Waals surface area contributed by atoms with Gasteiger partial charge in [0.15, 0.2) is 0 Å². The second-order valence-electron chi connectivity index (χ2n) is 5.10. The highest BCUT2D eigenvalue weighted by atomic mass is 16.4. The molecule has 3 rings (SSSR count). The molecule has 0 aromatic heterocycles. The van der Waals surface area contributed by atoms with Gasteiger partial charge >= 0.3 is 5.97 Å². The summed E-state index contributed by atoms with van der Waals surface area (Å²) in [4.78, 5) is 13.6. The zero-order chi connectivity index (χ0) is 12.5. The maximum absolute atomic E-state index is 11.3. The lowest BCUT2D eigenvalue weighted by Gasteiger charge is -2.26. The SMILES string of the molecule is O=C(O)C1CNCc2ccc(N3CCCC3)cc21. The van der Waals surface area contributed by atoms with Crippen LogP contribution in [0.2, 0.25) is 0 Å². The fourth-order valence-electron chi connectivity index (χ4n) is 2.92. The Morgan fingerprint density at radius 3 is 2.83 bits per heavy atom. The van der Waals surface area contributed by atoms with Crippen molar-refractivity contribution in [3.05, 3.63) is 29.3 Å². The lowest BCUT2D eigenvalue weighted by molar-refractivity contribution is -0.138. The molecule has 0 aliphatic carbocycles. The van der Waals surface area contributed by atoms with E-state index in [-0.39, 0.29) is 0 Å². The third kappa shape index (κ3) is 1.97. The molecule has 0 saturated carbocycles. The van der Waals surface area contributed by atoms with Gasteiger partial charge in [-0.05, 0) is 36.1 Å². The van der Waals surface area contributed by atoms with Gasteiger partial charge < -0.3 is 15.3 Å². The smallest absolute Gasteiger partial charge is 0.312 e. The van der Waals surface area contributed by atoms with Crippen molar-refractivity contribution in [3.8, 4) is 0 Å². The average Bonchev–Trinajstić information content (AvgIpc) is 2.91. The third-order valence-electron chi connectivity index (χ3n) is 3.94. The first-order valence-corrected chi connectivity index (χ1v) is 6.57. The number of nitrogens with one attached hydrogen (secondary N) is 1. The number of aliphatic carboxylic acids is 1. The van der Waals surface area contributed by atoms with E-state index in [0.29, 0.717) is 6.54 Å². The molecule has 0 amide bonds. The topological polar surface area (TPSA) is 52.6 Å². The predicted octanol–water partition coefficient (Wildman–Crippen LogP) is 1.56. The van der Waals surface area contributed by atoms with Crippen LogP contribution in [-0.4, -0.2) is 30.7 Å². The zero-order valence-corrected chi connectivity index (χ0v) is 10.4. The number of benzene rings is 1. The van der Waals surface area contributed by atoms with Crippen LogP contribution in [-0.2, 0) is 11.3 Å². The Labute approximate surface area is 107 Å². The van der Waals surface area contributed by atoms with E-state index in [9.17, 15) is 9.90 Å². The van der Waals surface area contributed by atoms with Crippen molar-refractivity contribution < 1.29 is 9.90 Å². The minimum absolute atomic E-state index is 0.406. The zero-order valence-electron chi connectivity index (χ0n) is 10.4. The van der Waals surface area contributed by atoms with Crippen molar-refractivity contribution in [1.82, 2.24) is 5.32 Å². The number of anilines is 1. The van der Waals surface area contributed by atoms with Crippen LogP contribution in [0, 0.1) is 0 Å². The molecular formula is C14H18N2O2. The number of nitrogens with zero attached hydrogens (tertiary/aromatic N) is 1. The summed E-state index contributed by atoms with van der Waals surface area (Å²) in [5, 5.41) is 12.5. The van der Waals surface area contributed by atoms with Gasteiger partial charge in [-0.1, -0.05) is 6.07 Å². The van der Waals surface area contributed by atoms with Crippen molar-refractivity contribution >= 4 is 11.7 Å². The fraction of sp³-hybridized carbons (Fsp3) is 0.500. The number of hydrogen-bond donors (Lipinski definition) is 2. The fourth-order valence-corrected chi connectivity index (χ4v) is 2.92. The maximum atomic E-state index is 11.3. The van der Waals surface area contributed by atoms with Crippen molar-refractivity contribution in [2.24, 2.45) is 0 Å². The molecule has 0 bridgehead atoms. The van der Waals surface area contributed by atoms with Gasteiger partial charge in [-0.2, -0.15) is 0 Å². The summed E-state index contributed by atoms with van der Waals surface area (Å²) in [5.74, 6) is -1.14. The Bertz CT molecular complexity index is 467. The molecule has 4 nitrogen and oxygen atoms in total. The van der Waals surface area contributed by atoms with Crippen molar-refractivity contribution in [1.29, 1.82) is 0 Å². The minimum Gasteiger partial charge on any atom is -0.481 e. The molecule has 96 valence electrons. The van der Waals surface area contributed by atoms with Gasteiger partial charge in [0.2, 0.25) is 0 Å². The summed E-state index contributed by atoms with van der Waals surface area (Å²) >= 11 is 0. The normalized spacial score (nSPS) is 22.9. The molecule has 2 heterocycles. The van der Waals surface area contributed by atoms with Crippen LogP contribution in [0.5, 0.6) is 0 Å². The molecule has 18 heavy (non-hydrogen) atoms. The Hall–Kier alpha value is -1.55. The molecule has 4 heteroatoms. The summed E-state index contributed by atoms with van der Waals surface area (Å²) in [6.07, 6.45) is 2.47. The highest BCUT2D eigenvalue weighted by Crippen LogP contribution is 2.30. The Kier molecular flexibility index (Phi) is 2.96. The van der Waals surface area contributed by atoms with Gasteiger partial charge in [-0.25, -0.2) is 0 Å². The van der Waals surface area contributed by atoms with E-state index in [4.69, 9.17) is 0 Å². The summed E-state index contributed by atoms with van der Waals surface area (Å²) in [6, 6.07) is 6.28. The van der Waals surface area contributed by atoms with Crippen LogP contribution in [0.4, 0.5) is 5.69 Å². The van der Waals surface area contributed by atoms with Gasteiger partial charge in [0.05, 0.1) is 5.92 Å². The first kappa shape index (κ1) is 11.5. The standard InChI is InChI=1S/C14H18N2O2/c17-14(18)13-9-15-8-10-3-4-11(7-12(10)13)16-5-1-2-6-16/h3-4,7,13,15H,1-2,5-6,8-9H2,(H,17,18). The largest absolute Gasteiger partial charge is 0.481 e. The van der Waals surface area contributed by atoms with Crippen molar-refractivity contribution in [3.63, 3.8) is 0 Å². The molecule has 1 aromatic carbocycles. The van der Waals surface area contributed by atoms with Crippen molar-refractivity contribution in [2.75, 3.05) is 24.5 Å². The van der Waals surface area contributed by atoms with E-state index in [1.54, 1.807) is 0 Å². The molecule has 0 spiro atoms. The number of carboxylic acid groups (broad SMARTS) is 1. The van der Waals surface area contributed by atoms with Gasteiger partial charge in [0.25, 0.3) is 0 Å². The number of fused-ring (bicyclic) bond motifs is 1. The van der Waals surface area contributed by atoms with Gasteiger partial charge in [-0.3, -0.25) is 4.79 Å². The lowest BCUT2D eigenvalue weighted by atomic mass is 9.90. The molecule has 2 aliphatic heterocycles. The first-order chi connectivity index (χ1) is 8.75. The number of carboxylic acids is 1. The van der Waals surface area contributed by atoms with Crippen molar-refractivity contribution in [2.45, 2.75) is 25.3 Å². The first-order valence-electron chi connectivity index (χ1n) is 6.57. The minimum atomic E-state index is -0.734. The third-order valence-corrected chi connectivity index (χ3v) is 3.94. The highest BCUT2D eigenvalue weighted by molar-refractivity contribution is 5.78. The highest BCUT2D eigenvalue weighted by Gasteiger charge is 2.27. The van der Waals surface area contributed by atoms with E-state index in [1.165, 1.54) is 18.5 Å². The van der Waals surface area contributed by atoms with Crippen LogP contribution >= 0.6 is 0 Å². The van der Waals surface area contributed by atoms with E-state index < -0.39 is 11.9 Å². The Morgan fingerprint density at radius 2 is 2.11 bits per heavy atom. The van der Waals surface area contributed by atoms with Gasteiger partial charge in [0, 0.05) is 31.9 Å². The molecule has 2 N–H and O–H groups in total. The van der Waals surface area contributed by atoms with E-state index >= 15 is 0 Å². The number of rotatable bonds is 2. The Morgan fingerprint density at radius 1 is 1.33 bits per heavy atom. The quantitative estimate of drug-likeness (QED) is 0.831. The predicted molar refractivity (Wildman–Crippen MR) is 70.0 cm³/mol. The average molecular weight is 246 g/mol. The van der Waals surface area contributed by atoms with Gasteiger partial charge in [0.1, 0.15) is 0 Å². The second kappa shape index (κ2) is 4.61. The van der Waals surface area contributed by atoms with Crippen LogP contribution in [0.15, 0.2) is 18.2 Å². The van der Waals surface area contributed by atoms with Crippen LogP contribution in [0.1, 0.15) is 29.9 Å².